The molecule has 0 amide bonds. The van der Waals surface area contributed by atoms with Crippen LogP contribution in [0.25, 0.3) is 21.3 Å². The third-order valence-electron chi connectivity index (χ3n) is 3.87. The van der Waals surface area contributed by atoms with E-state index in [-0.39, 0.29) is 12.1 Å². The van der Waals surface area contributed by atoms with Gasteiger partial charge in [0.25, 0.3) is 5.56 Å². The maximum Gasteiger partial charge on any atom is 0.262 e. The van der Waals surface area contributed by atoms with Gasteiger partial charge in [-0.25, -0.2) is 4.98 Å². The van der Waals surface area contributed by atoms with Gasteiger partial charge in [-0.05, 0) is 17.7 Å². The molecule has 0 aliphatic heterocycles. The second kappa shape index (κ2) is 7.22. The quantitative estimate of drug-likeness (QED) is 0.690. The molecule has 0 radical (unpaired) electrons. The third kappa shape index (κ3) is 3.23. The topological polar surface area (TPSA) is 93.8 Å². The Morgan fingerprint density at radius 3 is 2.72 bits per heavy atom. The van der Waals surface area contributed by atoms with E-state index in [4.69, 9.17) is 14.6 Å². The summed E-state index contributed by atoms with van der Waals surface area (Å²) in [6.07, 6.45) is 0.374. The molecule has 0 fully saturated rings. The van der Waals surface area contributed by atoms with E-state index in [0.717, 1.165) is 11.1 Å². The highest BCUT2D eigenvalue weighted by Crippen LogP contribution is 2.36. The zero-order chi connectivity index (χ0) is 18.0. The number of aliphatic hydroxyl groups is 2. The van der Waals surface area contributed by atoms with Gasteiger partial charge in [0.1, 0.15) is 4.83 Å². The number of ether oxygens (including phenoxy) is 2. The zero-order valence-corrected chi connectivity index (χ0v) is 14.6. The number of fused-ring (bicyclic) bond motifs is 1. The van der Waals surface area contributed by atoms with E-state index >= 15 is 0 Å². The molecule has 0 spiro atoms. The number of aromatic nitrogens is 2. The summed E-state index contributed by atoms with van der Waals surface area (Å²) in [6.45, 7) is -0.434. The highest BCUT2D eigenvalue weighted by Gasteiger charge is 2.16. The number of aliphatic hydroxyl groups excluding tert-OH is 2. The predicted molar refractivity (Wildman–Crippen MR) is 95.5 cm³/mol. The Kier molecular flexibility index (Phi) is 5.03. The Hall–Kier alpha value is -2.42. The van der Waals surface area contributed by atoms with Crippen molar-refractivity contribution >= 4 is 21.6 Å². The monoisotopic (exact) mass is 362 g/mol. The number of hydrogen-bond acceptors (Lipinski definition) is 7. The van der Waals surface area contributed by atoms with Crippen LogP contribution in [-0.2, 0) is 6.54 Å². The molecule has 3 rings (SSSR count). The molecule has 2 heterocycles. The van der Waals surface area contributed by atoms with Crippen molar-refractivity contribution in [2.75, 3.05) is 20.8 Å². The lowest BCUT2D eigenvalue weighted by Crippen LogP contribution is -2.28. The molecule has 2 N–H and O–H groups in total. The maximum atomic E-state index is 12.8. The molecule has 2 aromatic heterocycles. The molecule has 3 aromatic rings. The Bertz CT molecular complexity index is 950. The zero-order valence-electron chi connectivity index (χ0n) is 13.8. The van der Waals surface area contributed by atoms with Crippen LogP contribution in [0, 0.1) is 0 Å². The molecular weight excluding hydrogens is 344 g/mol. The molecule has 25 heavy (non-hydrogen) atoms. The number of hydrogen-bond donors (Lipinski definition) is 2. The second-order valence-electron chi connectivity index (χ2n) is 5.44. The van der Waals surface area contributed by atoms with Crippen molar-refractivity contribution in [2.24, 2.45) is 0 Å². The van der Waals surface area contributed by atoms with Crippen molar-refractivity contribution in [1.29, 1.82) is 0 Å². The summed E-state index contributed by atoms with van der Waals surface area (Å²) in [7, 11) is 3.12. The summed E-state index contributed by atoms with van der Waals surface area (Å²) < 4.78 is 11.9. The third-order valence-corrected chi connectivity index (χ3v) is 4.76. The average Bonchev–Trinajstić information content (AvgIpc) is 3.08. The van der Waals surface area contributed by atoms with Gasteiger partial charge < -0.3 is 19.7 Å². The molecule has 0 aliphatic carbocycles. The van der Waals surface area contributed by atoms with Gasteiger partial charge in [-0.3, -0.25) is 9.36 Å². The number of nitrogens with zero attached hydrogens (tertiary/aromatic N) is 2. The van der Waals surface area contributed by atoms with E-state index in [1.807, 2.05) is 11.4 Å². The first-order valence-electron chi connectivity index (χ1n) is 7.57. The smallest absolute Gasteiger partial charge is 0.262 e. The van der Waals surface area contributed by atoms with Crippen LogP contribution in [0.3, 0.4) is 0 Å². The first-order chi connectivity index (χ1) is 12.1. The Morgan fingerprint density at radius 1 is 1.28 bits per heavy atom. The van der Waals surface area contributed by atoms with Crippen LogP contribution in [0.1, 0.15) is 0 Å². The van der Waals surface area contributed by atoms with E-state index in [2.05, 4.69) is 4.98 Å². The molecule has 132 valence electrons. The summed E-state index contributed by atoms with van der Waals surface area (Å²) >= 11 is 1.37. The molecule has 1 aromatic carbocycles. The van der Waals surface area contributed by atoms with Gasteiger partial charge in [-0.15, -0.1) is 11.3 Å². The van der Waals surface area contributed by atoms with Gasteiger partial charge in [0, 0.05) is 10.9 Å². The van der Waals surface area contributed by atoms with E-state index in [9.17, 15) is 9.90 Å². The second-order valence-corrected chi connectivity index (χ2v) is 6.30. The van der Waals surface area contributed by atoms with E-state index in [0.29, 0.717) is 21.7 Å². The van der Waals surface area contributed by atoms with Crippen LogP contribution in [0.4, 0.5) is 0 Å². The van der Waals surface area contributed by atoms with Crippen LogP contribution in [0.5, 0.6) is 11.5 Å². The van der Waals surface area contributed by atoms with Gasteiger partial charge >= 0.3 is 0 Å². The van der Waals surface area contributed by atoms with Crippen molar-refractivity contribution in [1.82, 2.24) is 9.55 Å². The molecule has 1 atom stereocenters. The summed E-state index contributed by atoms with van der Waals surface area (Å²) in [5, 5.41) is 20.9. The van der Waals surface area contributed by atoms with Crippen molar-refractivity contribution < 1.29 is 19.7 Å². The summed E-state index contributed by atoms with van der Waals surface area (Å²) in [4.78, 5) is 17.7. The first kappa shape index (κ1) is 17.4. The SMILES string of the molecule is COc1ccc(-c2csc3ncn(CC(O)CO)c(=O)c23)cc1OC. The normalized spacial score (nSPS) is 12.3. The Balaban J connectivity index is 2.14. The van der Waals surface area contributed by atoms with Gasteiger partial charge in [-0.2, -0.15) is 0 Å². The lowest BCUT2D eigenvalue weighted by atomic mass is 10.1. The van der Waals surface area contributed by atoms with E-state index < -0.39 is 12.7 Å². The molecular formula is C17H18N2O5S. The average molecular weight is 362 g/mol. The molecule has 7 nitrogen and oxygen atoms in total. The predicted octanol–water partition coefficient (Wildman–Crippen LogP) is 1.50. The van der Waals surface area contributed by atoms with Crippen LogP contribution in [-0.4, -0.2) is 46.7 Å². The summed E-state index contributed by atoms with van der Waals surface area (Å²) in [5.74, 6) is 1.17. The lowest BCUT2D eigenvalue weighted by Gasteiger charge is -2.11. The Labute approximate surface area is 147 Å². The fourth-order valence-corrected chi connectivity index (χ4v) is 3.51. The molecule has 0 saturated heterocycles. The number of rotatable bonds is 6. The van der Waals surface area contributed by atoms with Gasteiger partial charge in [0.15, 0.2) is 11.5 Å². The maximum absolute atomic E-state index is 12.8. The largest absolute Gasteiger partial charge is 0.493 e. The van der Waals surface area contributed by atoms with Crippen LogP contribution in [0.2, 0.25) is 0 Å². The van der Waals surface area contributed by atoms with Gasteiger partial charge in [-0.1, -0.05) is 6.07 Å². The van der Waals surface area contributed by atoms with Crippen molar-refractivity contribution in [2.45, 2.75) is 12.6 Å². The van der Waals surface area contributed by atoms with E-state index in [1.54, 1.807) is 26.4 Å². The van der Waals surface area contributed by atoms with Crippen LogP contribution >= 0.6 is 11.3 Å². The standard InChI is InChI=1S/C17H18N2O5S/c1-23-13-4-3-10(5-14(13)24-2)12-8-25-16-15(12)17(22)19(9-18-16)6-11(21)7-20/h3-5,8-9,11,20-21H,6-7H2,1-2H3. The molecule has 1 unspecified atom stereocenters. The van der Waals surface area contributed by atoms with Gasteiger partial charge in [0.05, 0.1) is 45.2 Å². The molecule has 0 aliphatic rings. The minimum Gasteiger partial charge on any atom is -0.493 e. The highest BCUT2D eigenvalue weighted by molar-refractivity contribution is 7.17. The summed E-state index contributed by atoms with van der Waals surface area (Å²) in [6, 6.07) is 5.43. The molecule has 0 saturated carbocycles. The number of thiophene rings is 1. The fourth-order valence-electron chi connectivity index (χ4n) is 2.60. The first-order valence-corrected chi connectivity index (χ1v) is 8.45. The molecule has 0 bridgehead atoms. The van der Waals surface area contributed by atoms with E-state index in [1.165, 1.54) is 22.2 Å². The number of benzene rings is 1. The highest BCUT2D eigenvalue weighted by atomic mass is 32.1. The lowest BCUT2D eigenvalue weighted by molar-refractivity contribution is 0.0803. The van der Waals surface area contributed by atoms with Crippen molar-refractivity contribution in [3.63, 3.8) is 0 Å². The van der Waals surface area contributed by atoms with Crippen LogP contribution in [0.15, 0.2) is 34.7 Å². The minimum absolute atomic E-state index is 0.0144. The minimum atomic E-state index is -1.01. The summed E-state index contributed by atoms with van der Waals surface area (Å²) in [5.41, 5.74) is 1.29. The Morgan fingerprint density at radius 2 is 2.04 bits per heavy atom. The van der Waals surface area contributed by atoms with Gasteiger partial charge in [0.2, 0.25) is 0 Å². The van der Waals surface area contributed by atoms with Crippen molar-refractivity contribution in [3.8, 4) is 22.6 Å². The number of methoxy groups -OCH3 is 2. The fraction of sp³-hybridized carbons (Fsp3) is 0.294. The van der Waals surface area contributed by atoms with Crippen molar-refractivity contribution in [3.05, 3.63) is 40.3 Å². The van der Waals surface area contributed by atoms with Crippen LogP contribution < -0.4 is 15.0 Å². The molecule has 8 heteroatoms.